The summed E-state index contributed by atoms with van der Waals surface area (Å²) in [7, 11) is 0. The van der Waals surface area contributed by atoms with Crippen molar-refractivity contribution in [2.75, 3.05) is 14.7 Å². The van der Waals surface area contributed by atoms with Crippen LogP contribution in [-0.2, 0) is 0 Å². The number of aromatic nitrogens is 3. The van der Waals surface area contributed by atoms with Gasteiger partial charge in [0, 0.05) is 115 Å². The monoisotopic (exact) mass is 1880 g/mol. The molecule has 0 fully saturated rings. The van der Waals surface area contributed by atoms with Crippen molar-refractivity contribution in [3.8, 4) is 28.2 Å². The van der Waals surface area contributed by atoms with Crippen LogP contribution in [-0.4, -0.2) is 13.7 Å². The highest BCUT2D eigenvalue weighted by Gasteiger charge is 2.30. The maximum atomic E-state index is 6.66. The summed E-state index contributed by atoms with van der Waals surface area (Å²) < 4.78 is 27.1. The number of anilines is 9. The lowest BCUT2D eigenvalue weighted by atomic mass is 10.00. The molecule has 31 aromatic rings. The van der Waals surface area contributed by atoms with E-state index in [4.69, 9.17) is 13.3 Å². The zero-order valence-electron chi connectivity index (χ0n) is 79.7. The van der Waals surface area contributed by atoms with E-state index in [1.165, 1.54) is 103 Å². The van der Waals surface area contributed by atoms with Crippen LogP contribution in [0, 0.1) is 0 Å². The topological polar surface area (TPSA) is 63.9 Å². The lowest BCUT2D eigenvalue weighted by Crippen LogP contribution is -2.11. The zero-order chi connectivity index (χ0) is 96.7. The molecule has 0 amide bonds. The van der Waals surface area contributed by atoms with E-state index in [2.05, 4.69) is 544 Å². The molecule has 0 saturated carbocycles. The number of para-hydroxylation sites is 9. The van der Waals surface area contributed by atoms with Crippen LogP contribution in [0.5, 0.6) is 0 Å². The van der Waals surface area contributed by atoms with Crippen LogP contribution in [0.25, 0.3) is 224 Å². The summed E-state index contributed by atoms with van der Waals surface area (Å²) in [4.78, 5) is 7.25. The predicted molar refractivity (Wildman–Crippen MR) is 619 cm³/mol. The van der Waals surface area contributed by atoms with Gasteiger partial charge in [-0.2, -0.15) is 0 Å². The van der Waals surface area contributed by atoms with Crippen LogP contribution in [0.4, 0.5) is 51.2 Å². The van der Waals surface area contributed by atoms with Gasteiger partial charge in [-0.3, -0.25) is 0 Å². The third-order valence-electron chi connectivity index (χ3n) is 29.8. The van der Waals surface area contributed by atoms with Gasteiger partial charge in [-0.15, -0.1) is 0 Å². The number of hydrogen-bond acceptors (Lipinski definition) is 6. The number of rotatable bonds is 13. The molecule has 9 heteroatoms. The fourth-order valence-corrected chi connectivity index (χ4v) is 23.3. The molecule has 147 heavy (non-hydrogen) atoms. The first-order valence-electron chi connectivity index (χ1n) is 50.2. The van der Waals surface area contributed by atoms with E-state index in [1.807, 2.05) is 18.2 Å². The molecule has 6 aromatic heterocycles. The first kappa shape index (κ1) is 84.2. The van der Waals surface area contributed by atoms with Gasteiger partial charge in [-0.05, 0) is 201 Å². The molecule has 31 rings (SSSR count). The Labute approximate surface area is 844 Å². The van der Waals surface area contributed by atoms with Gasteiger partial charge in [0.05, 0.1) is 83.4 Å². The van der Waals surface area contributed by atoms with Gasteiger partial charge in [0.15, 0.2) is 0 Å². The van der Waals surface area contributed by atoms with Crippen LogP contribution in [0.2, 0.25) is 0 Å². The number of furan rings is 3. The van der Waals surface area contributed by atoms with Crippen molar-refractivity contribution in [1.82, 2.24) is 13.7 Å². The molecule has 0 aliphatic rings. The molecule has 0 N–H and O–H groups in total. The molecule has 0 saturated heterocycles. The van der Waals surface area contributed by atoms with Gasteiger partial charge in [0.2, 0.25) is 0 Å². The predicted octanol–water partition coefficient (Wildman–Crippen LogP) is 39.0. The normalized spacial score (nSPS) is 11.8. The summed E-state index contributed by atoms with van der Waals surface area (Å²) in [5.74, 6) is 0. The van der Waals surface area contributed by atoms with Crippen molar-refractivity contribution in [3.05, 3.63) is 534 Å². The fourth-order valence-electron chi connectivity index (χ4n) is 23.3. The smallest absolute Gasteiger partial charge is 0.145 e. The van der Waals surface area contributed by atoms with Crippen molar-refractivity contribution in [2.24, 2.45) is 0 Å². The molecule has 9 nitrogen and oxygen atoms in total. The standard InChI is InChI=1S/C50H32N2O.2C44H28N2O/c1-3-15-39-35(12-1)14-11-22-44(39)52(47-32-36-13-2-4-16-40(36)50-49(47)43-19-7-10-23-48(43)53-50)38-30-26-34(27-31-38)33-24-28-37(29-25-33)51-45-20-8-5-17-41(45)42-18-6-9-21-46(42)51;1-3-18-33-29(13-1)15-11-25-38(33)46(41-27-30-14-2-4-19-34(30)44-43(41)37-22-7-10-26-42(37)47-44)32-17-12-16-31(28-32)45-39-23-8-5-20-35(39)36-21-6-9-24-40(36)45;1-3-15-33-29(12-1)14-11-22-38(33)46(41-28-30-13-2-4-16-34(30)44-43(41)37-19-7-10-23-42(37)47-44)32-26-24-31(25-27-32)45-39-20-8-5-17-35(39)36-18-6-9-21-40(36)45/h1-32H;2*1-28H. The summed E-state index contributed by atoms with van der Waals surface area (Å²) in [6.45, 7) is 0. The molecule has 0 radical (unpaired) electrons. The molecule has 0 bridgehead atoms. The number of nitrogens with zero attached hydrogens (tertiary/aromatic N) is 6. The van der Waals surface area contributed by atoms with E-state index < -0.39 is 0 Å². The van der Waals surface area contributed by atoms with E-state index in [-0.39, 0.29) is 0 Å². The minimum atomic E-state index is 0.886. The maximum Gasteiger partial charge on any atom is 0.145 e. The first-order chi connectivity index (χ1) is 73.0. The van der Waals surface area contributed by atoms with Crippen LogP contribution in [0.1, 0.15) is 0 Å². The Hall–Kier alpha value is -19.7. The van der Waals surface area contributed by atoms with E-state index >= 15 is 0 Å². The highest BCUT2D eigenvalue weighted by atomic mass is 16.3. The number of fused-ring (bicyclic) bond motifs is 27. The van der Waals surface area contributed by atoms with Crippen LogP contribution in [0.15, 0.2) is 547 Å². The highest BCUT2D eigenvalue weighted by Crippen LogP contribution is 2.54. The minimum Gasteiger partial charge on any atom is -0.455 e. The van der Waals surface area contributed by atoms with Crippen LogP contribution < -0.4 is 14.7 Å². The van der Waals surface area contributed by atoms with E-state index in [9.17, 15) is 0 Å². The average Bonchev–Trinajstić information content (AvgIpc) is 1.62. The summed E-state index contributed by atoms with van der Waals surface area (Å²) in [5, 5.41) is 28.1. The fraction of sp³-hybridized carbons (Fsp3) is 0. The van der Waals surface area contributed by atoms with Gasteiger partial charge in [0.1, 0.15) is 33.5 Å². The Kier molecular flexibility index (Phi) is 19.8. The maximum absolute atomic E-state index is 6.66. The third kappa shape index (κ3) is 13.8. The molecule has 25 aromatic carbocycles. The van der Waals surface area contributed by atoms with Gasteiger partial charge in [0.25, 0.3) is 0 Å². The second kappa shape index (κ2) is 34.6. The quantitative estimate of drug-likeness (QED) is 0.115. The Morgan fingerprint density at radius 2 is 0.374 bits per heavy atom. The molecule has 0 aliphatic heterocycles. The van der Waals surface area contributed by atoms with E-state index in [0.29, 0.717) is 0 Å². The second-order valence-corrected chi connectivity index (χ2v) is 38.0. The number of benzene rings is 25. The lowest BCUT2D eigenvalue weighted by molar-refractivity contribution is 0.672. The number of hydrogen-bond donors (Lipinski definition) is 0. The largest absolute Gasteiger partial charge is 0.455 e. The Morgan fingerprint density at radius 3 is 0.701 bits per heavy atom. The Bertz CT molecular complexity index is 10500. The summed E-state index contributed by atoms with van der Waals surface area (Å²) in [6.07, 6.45) is 0. The first-order valence-corrected chi connectivity index (χ1v) is 50.2. The van der Waals surface area contributed by atoms with Crippen molar-refractivity contribution in [1.29, 1.82) is 0 Å². The molecule has 0 aliphatic carbocycles. The molecular formula is C138H88N6O3. The highest BCUT2D eigenvalue weighted by molar-refractivity contribution is 6.27. The summed E-state index contributed by atoms with van der Waals surface area (Å²) in [6, 6.07) is 191. The van der Waals surface area contributed by atoms with Crippen molar-refractivity contribution in [3.63, 3.8) is 0 Å². The zero-order valence-corrected chi connectivity index (χ0v) is 79.7. The van der Waals surface area contributed by atoms with Crippen LogP contribution >= 0.6 is 0 Å². The average molecular weight is 1880 g/mol. The van der Waals surface area contributed by atoms with Crippen molar-refractivity contribution < 1.29 is 13.3 Å². The Morgan fingerprint density at radius 1 is 0.143 bits per heavy atom. The van der Waals surface area contributed by atoms with Gasteiger partial charge < -0.3 is 41.7 Å². The second-order valence-electron chi connectivity index (χ2n) is 38.0. The van der Waals surface area contributed by atoms with Crippen LogP contribution in [0.3, 0.4) is 0 Å². The minimum absolute atomic E-state index is 0.886. The van der Waals surface area contributed by atoms with Crippen molar-refractivity contribution >= 4 is 247 Å². The molecule has 688 valence electrons. The lowest BCUT2D eigenvalue weighted by Gasteiger charge is -2.28. The molecule has 0 unspecified atom stereocenters. The molecular weight excluding hydrogens is 1790 g/mol. The van der Waals surface area contributed by atoms with Gasteiger partial charge >= 0.3 is 0 Å². The van der Waals surface area contributed by atoms with E-state index in [1.54, 1.807) is 0 Å². The van der Waals surface area contributed by atoms with Gasteiger partial charge in [-0.1, -0.05) is 376 Å². The van der Waals surface area contributed by atoms with E-state index in [0.717, 1.165) is 172 Å². The molecule has 0 spiro atoms. The molecule has 6 heterocycles. The van der Waals surface area contributed by atoms with Gasteiger partial charge in [-0.25, -0.2) is 0 Å². The Balaban J connectivity index is 0.000000104. The summed E-state index contributed by atoms with van der Waals surface area (Å²) in [5.41, 5.74) is 28.2. The molecule has 0 atom stereocenters. The van der Waals surface area contributed by atoms with Crippen molar-refractivity contribution in [2.45, 2.75) is 0 Å². The SMILES string of the molecule is c1cc(N(c2cccc3ccccc23)c2cc3ccccc3c3oc4ccccc4c23)cc(-n2c3ccccc3c3ccccc32)c1.c1ccc2c(N(c3ccc(-c4ccc(-n5c6ccccc6c6ccccc65)cc4)cc3)c3cc4ccccc4c4oc5ccccc5c34)cccc2c1.c1ccc2c(N(c3ccc(-n4c5ccccc5c5ccccc54)cc3)c3cc4ccccc4c4oc5ccccc5c34)cccc2c1. The third-order valence-corrected chi connectivity index (χ3v) is 29.8. The summed E-state index contributed by atoms with van der Waals surface area (Å²) >= 11 is 0.